The lowest BCUT2D eigenvalue weighted by atomic mass is 10.2. The summed E-state index contributed by atoms with van der Waals surface area (Å²) in [6.07, 6.45) is -2.46. The molecule has 0 saturated carbocycles. The zero-order valence-electron chi connectivity index (χ0n) is 34.4. The summed E-state index contributed by atoms with van der Waals surface area (Å²) in [5, 5.41) is 8.96. The molecule has 4 heterocycles. The van der Waals surface area contributed by atoms with Crippen molar-refractivity contribution in [3.8, 4) is 0 Å². The maximum atomic E-state index is 14.7. The molecule has 4 fully saturated rings. The molecule has 4 saturated heterocycles. The minimum atomic E-state index is -3.64. The summed E-state index contributed by atoms with van der Waals surface area (Å²) in [6.45, 7) is 9.34. The number of amides is 1. The van der Waals surface area contributed by atoms with E-state index in [0.29, 0.717) is 32.7 Å². The maximum Gasteiger partial charge on any atom is 0.409 e. The van der Waals surface area contributed by atoms with Crippen molar-refractivity contribution >= 4 is 29.1 Å². The maximum absolute atomic E-state index is 14.7. The Bertz CT molecular complexity index is 1370. The van der Waals surface area contributed by atoms with Gasteiger partial charge in [-0.25, -0.2) is 32.8 Å². The molecule has 0 bridgehead atoms. The third-order valence-electron chi connectivity index (χ3n) is 9.83. The Morgan fingerprint density at radius 3 is 1.38 bits per heavy atom. The van der Waals surface area contributed by atoms with Crippen LogP contribution in [0.3, 0.4) is 0 Å². The number of hydrogen-bond donors (Lipinski definition) is 1. The highest BCUT2D eigenvalue weighted by Crippen LogP contribution is 2.57. The molecule has 0 spiro atoms. The predicted octanol–water partition coefficient (Wildman–Crippen LogP) is 1.69. The van der Waals surface area contributed by atoms with E-state index in [4.69, 9.17) is 37.6 Å². The van der Waals surface area contributed by atoms with Crippen molar-refractivity contribution in [1.82, 2.24) is 37.8 Å². The van der Waals surface area contributed by atoms with E-state index in [9.17, 15) is 18.5 Å². The highest BCUT2D eigenvalue weighted by molar-refractivity contribution is 7.54. The summed E-state index contributed by atoms with van der Waals surface area (Å²) in [5.74, 6) is 0. The molecule has 1 N–H and O–H groups in total. The number of carbonyl (C=O) groups is 1. The summed E-state index contributed by atoms with van der Waals surface area (Å²) >= 11 is 0. The van der Waals surface area contributed by atoms with Crippen molar-refractivity contribution in [3.63, 3.8) is 0 Å². The van der Waals surface area contributed by atoms with Gasteiger partial charge < -0.3 is 47.4 Å². The molecule has 20 nitrogen and oxygen atoms in total. The Hall–Kier alpha value is -0.600. The fraction of sp³-hybridized carbons (Fsp3) is 0.969. The van der Waals surface area contributed by atoms with Gasteiger partial charge in [-0.15, -0.1) is 0 Å². The molecule has 9 atom stereocenters. The Labute approximate surface area is 327 Å². The molecule has 4 aliphatic rings. The summed E-state index contributed by atoms with van der Waals surface area (Å²) in [6, 6.07) is 0. The van der Waals surface area contributed by atoms with Gasteiger partial charge in [-0.2, -0.15) is 0 Å². The molecule has 0 aromatic heterocycles. The van der Waals surface area contributed by atoms with Crippen LogP contribution in [-0.2, 0) is 46.2 Å². The Morgan fingerprint density at radius 2 is 1.00 bits per heavy atom. The fourth-order valence-electron chi connectivity index (χ4n) is 7.25. The van der Waals surface area contributed by atoms with Crippen molar-refractivity contribution in [2.75, 3.05) is 148 Å². The molecular weight excluding hydrogens is 781 g/mol. The summed E-state index contributed by atoms with van der Waals surface area (Å²) in [5.41, 5.74) is 0. The van der Waals surface area contributed by atoms with Gasteiger partial charge in [0.1, 0.15) is 6.61 Å². The van der Waals surface area contributed by atoms with E-state index in [1.54, 1.807) is 65.6 Å². The van der Waals surface area contributed by atoms with Crippen LogP contribution in [0.4, 0.5) is 4.79 Å². The van der Waals surface area contributed by atoms with Gasteiger partial charge in [0.2, 0.25) is 0 Å². The second-order valence-electron chi connectivity index (χ2n) is 15.3. The normalized spacial score (nSPS) is 31.7. The first-order valence-corrected chi connectivity index (χ1v) is 23.6. The number of rotatable bonds is 17. The Balaban J connectivity index is 1.38. The van der Waals surface area contributed by atoms with Gasteiger partial charge in [-0.1, -0.05) is 0 Å². The van der Waals surface area contributed by atoms with Gasteiger partial charge in [0.15, 0.2) is 0 Å². The first kappa shape index (κ1) is 47.1. The van der Waals surface area contributed by atoms with Gasteiger partial charge >= 0.3 is 29.1 Å². The molecule has 322 valence electrons. The Morgan fingerprint density at radius 1 is 0.618 bits per heavy atom. The predicted molar refractivity (Wildman–Crippen MR) is 207 cm³/mol. The van der Waals surface area contributed by atoms with Gasteiger partial charge in [-0.3, -0.25) is 13.7 Å². The zero-order valence-corrected chi connectivity index (χ0v) is 37.1. The number of ether oxygens (including phenoxy) is 4. The van der Waals surface area contributed by atoms with E-state index < -0.39 is 41.3 Å². The van der Waals surface area contributed by atoms with Crippen molar-refractivity contribution in [1.29, 1.82) is 0 Å². The van der Waals surface area contributed by atoms with Crippen molar-refractivity contribution in [3.05, 3.63) is 0 Å². The molecule has 23 heteroatoms. The van der Waals surface area contributed by atoms with E-state index in [1.807, 2.05) is 32.5 Å². The summed E-state index contributed by atoms with van der Waals surface area (Å²) < 4.78 is 95.7. The zero-order chi connectivity index (χ0) is 40.7. The number of aliphatic hydroxyl groups excluding tert-OH is 1. The second-order valence-corrected chi connectivity index (χ2v) is 23.2. The van der Waals surface area contributed by atoms with Crippen LogP contribution in [-0.4, -0.2) is 233 Å². The van der Waals surface area contributed by atoms with Gasteiger partial charge in [0.25, 0.3) is 0 Å². The molecule has 0 aliphatic carbocycles. The third-order valence-corrected chi connectivity index (χ3v) is 17.5. The van der Waals surface area contributed by atoms with E-state index in [0.717, 1.165) is 6.54 Å². The van der Waals surface area contributed by atoms with Gasteiger partial charge in [-0.05, 0) is 70.1 Å². The van der Waals surface area contributed by atoms with Crippen LogP contribution in [0.15, 0.2) is 0 Å². The standard InChI is InChI=1S/C32H67N8O12P3/c1-26-17-36(10)20-29(50-26)23-48-54(44,34(6)7)39-18-28(3)52-31(22-39)25-49-55(45,35(8)9)40-19-27(2)51-30(21-40)24-47-53(43,33(4)5)38-13-11-37(12-14-38)32(42)46-16-15-41/h26-31,41H,11-25H2,1-10H3. The van der Waals surface area contributed by atoms with Crippen molar-refractivity contribution in [2.45, 2.75) is 57.4 Å². The third kappa shape index (κ3) is 12.2. The highest BCUT2D eigenvalue weighted by Gasteiger charge is 2.46. The summed E-state index contributed by atoms with van der Waals surface area (Å²) in [7, 11) is 1.62. The average Bonchev–Trinajstić information content (AvgIpc) is 3.13. The van der Waals surface area contributed by atoms with Crippen LogP contribution >= 0.6 is 23.0 Å². The number of piperazine rings is 1. The van der Waals surface area contributed by atoms with E-state index >= 15 is 0 Å². The summed E-state index contributed by atoms with van der Waals surface area (Å²) in [4.78, 5) is 15.9. The first-order valence-electron chi connectivity index (χ1n) is 19.0. The van der Waals surface area contributed by atoms with Crippen LogP contribution in [0.5, 0.6) is 0 Å². The molecule has 0 aromatic rings. The molecule has 0 aromatic carbocycles. The number of likely N-dealkylation sites (N-methyl/N-ethyl adjacent to an activating group) is 1. The highest BCUT2D eigenvalue weighted by atomic mass is 31.2. The van der Waals surface area contributed by atoms with Crippen molar-refractivity contribution < 1.29 is 56.1 Å². The molecule has 1 amide bonds. The van der Waals surface area contributed by atoms with Crippen LogP contribution in [0.2, 0.25) is 0 Å². The van der Waals surface area contributed by atoms with E-state index in [-0.39, 0.29) is 83.6 Å². The minimum Gasteiger partial charge on any atom is -0.447 e. The molecule has 9 unspecified atom stereocenters. The van der Waals surface area contributed by atoms with Gasteiger partial charge in [0.05, 0.1) is 63.1 Å². The largest absolute Gasteiger partial charge is 0.447 e. The van der Waals surface area contributed by atoms with E-state index in [1.165, 1.54) is 4.90 Å². The monoisotopic (exact) mass is 848 g/mol. The van der Waals surface area contributed by atoms with Crippen LogP contribution in [0.25, 0.3) is 0 Å². The lowest BCUT2D eigenvalue weighted by molar-refractivity contribution is -0.0941. The average molecular weight is 849 g/mol. The van der Waals surface area contributed by atoms with Crippen LogP contribution in [0.1, 0.15) is 20.8 Å². The smallest absolute Gasteiger partial charge is 0.409 e. The topological polar surface area (TPSA) is 179 Å². The first-order chi connectivity index (χ1) is 25.8. The number of hydrogen-bond acceptors (Lipinski definition) is 13. The minimum absolute atomic E-state index is 0.0277. The van der Waals surface area contributed by atoms with Crippen LogP contribution in [0, 0.1) is 0 Å². The molecule has 4 aliphatic heterocycles. The Kier molecular flexibility index (Phi) is 17.6. The van der Waals surface area contributed by atoms with E-state index in [2.05, 4.69) is 4.90 Å². The van der Waals surface area contributed by atoms with Gasteiger partial charge in [0, 0.05) is 65.4 Å². The number of morpholine rings is 3. The fourth-order valence-corrected chi connectivity index (χ4v) is 13.4. The van der Waals surface area contributed by atoms with Crippen molar-refractivity contribution in [2.24, 2.45) is 0 Å². The second kappa shape index (κ2) is 20.6. The lowest BCUT2D eigenvalue weighted by Gasteiger charge is -2.45. The molecule has 0 radical (unpaired) electrons. The number of nitrogens with zero attached hydrogens (tertiary/aromatic N) is 8. The molecule has 55 heavy (non-hydrogen) atoms. The SMILES string of the molecule is CC1CN(C)CC(COP(=O)(N(C)C)N2CC(C)OC(COP(=O)(N(C)C)N3CC(C)OC(COP(=O)(N(C)C)N4CCN(C(=O)OCCO)CC4)C3)C2)O1. The molecular formula is C32H67N8O12P3. The quantitative estimate of drug-likeness (QED) is 0.209. The van der Waals surface area contributed by atoms with Crippen LogP contribution < -0.4 is 0 Å². The number of aliphatic hydroxyl groups is 1. The number of carbonyl (C=O) groups excluding carboxylic acids is 1. The lowest BCUT2D eigenvalue weighted by Crippen LogP contribution is -2.51. The molecule has 4 rings (SSSR count).